The molecule has 0 aromatic heterocycles. The van der Waals surface area contributed by atoms with Crippen molar-refractivity contribution in [3.63, 3.8) is 0 Å². The van der Waals surface area contributed by atoms with Crippen molar-refractivity contribution < 1.29 is 24.0 Å². The lowest BCUT2D eigenvalue weighted by atomic mass is 10.2. The first kappa shape index (κ1) is 20.2. The number of urea groups is 1. The van der Waals surface area contributed by atoms with E-state index < -0.39 is 16.9 Å². The van der Waals surface area contributed by atoms with Gasteiger partial charge in [-0.2, -0.15) is 5.10 Å². The topological polar surface area (TPSA) is 158 Å². The summed E-state index contributed by atoms with van der Waals surface area (Å²) < 4.78 is 10.6. The molecule has 0 fully saturated rings. The van der Waals surface area contributed by atoms with Crippen LogP contribution in [0.25, 0.3) is 0 Å². The number of nitrogens with two attached hydrogens (primary N) is 1. The number of carbonyl (C=O) groups is 2. The first-order chi connectivity index (χ1) is 13.4. The molecule has 11 heteroatoms. The lowest BCUT2D eigenvalue weighted by Crippen LogP contribution is -2.24. The smallest absolute Gasteiger partial charge is 0.332 e. The van der Waals surface area contributed by atoms with Crippen LogP contribution in [0.1, 0.15) is 5.56 Å². The van der Waals surface area contributed by atoms with E-state index in [0.717, 1.165) is 0 Å². The van der Waals surface area contributed by atoms with E-state index in [4.69, 9.17) is 15.2 Å². The zero-order chi connectivity index (χ0) is 20.5. The summed E-state index contributed by atoms with van der Waals surface area (Å²) in [5.74, 6) is 0.140. The number of ether oxygens (including phenoxy) is 2. The number of non-ortho nitro benzene ring substituents is 1. The van der Waals surface area contributed by atoms with Gasteiger partial charge >= 0.3 is 6.03 Å². The molecule has 0 bridgehead atoms. The number of amides is 3. The predicted octanol–water partition coefficient (Wildman–Crippen LogP) is 1.62. The zero-order valence-electron chi connectivity index (χ0n) is 14.7. The third-order valence-electron chi connectivity index (χ3n) is 3.28. The lowest BCUT2D eigenvalue weighted by Gasteiger charge is -2.11. The maximum atomic E-state index is 12.0. The van der Waals surface area contributed by atoms with E-state index in [1.165, 1.54) is 37.6 Å². The predicted molar refractivity (Wildman–Crippen MR) is 101 cm³/mol. The van der Waals surface area contributed by atoms with Gasteiger partial charge in [0.2, 0.25) is 0 Å². The van der Waals surface area contributed by atoms with Gasteiger partial charge in [0.15, 0.2) is 18.1 Å². The maximum absolute atomic E-state index is 12.0. The van der Waals surface area contributed by atoms with Crippen molar-refractivity contribution in [2.24, 2.45) is 10.8 Å². The Kier molecular flexibility index (Phi) is 6.86. The Balaban J connectivity index is 1.98. The summed E-state index contributed by atoms with van der Waals surface area (Å²) in [5.41, 5.74) is 7.71. The quantitative estimate of drug-likeness (QED) is 0.355. The van der Waals surface area contributed by atoms with E-state index in [2.05, 4.69) is 15.8 Å². The third kappa shape index (κ3) is 5.98. The Morgan fingerprint density at radius 1 is 1.25 bits per heavy atom. The van der Waals surface area contributed by atoms with Gasteiger partial charge < -0.3 is 20.5 Å². The minimum atomic E-state index is -0.794. The molecule has 11 nitrogen and oxygen atoms in total. The average molecular weight is 387 g/mol. The number of carbonyl (C=O) groups excluding carboxylic acids is 2. The first-order valence-electron chi connectivity index (χ1n) is 7.82. The Hall–Kier alpha value is -4.15. The van der Waals surface area contributed by atoms with Crippen LogP contribution < -0.4 is 25.9 Å². The molecular formula is C17H17N5O6. The Morgan fingerprint density at radius 3 is 2.71 bits per heavy atom. The normalized spacial score (nSPS) is 10.3. The van der Waals surface area contributed by atoms with Gasteiger partial charge in [-0.3, -0.25) is 14.9 Å². The van der Waals surface area contributed by atoms with Crippen molar-refractivity contribution in [2.75, 3.05) is 19.0 Å². The van der Waals surface area contributed by atoms with Crippen molar-refractivity contribution in [1.82, 2.24) is 5.43 Å². The molecule has 28 heavy (non-hydrogen) atoms. The molecule has 0 aliphatic heterocycles. The Labute approximate surface area is 159 Å². The molecule has 0 heterocycles. The molecule has 0 atom stereocenters. The van der Waals surface area contributed by atoms with Crippen molar-refractivity contribution >= 4 is 29.5 Å². The largest absolute Gasteiger partial charge is 0.493 e. The summed E-state index contributed by atoms with van der Waals surface area (Å²) in [4.78, 5) is 32.8. The molecule has 3 amide bonds. The Morgan fingerprint density at radius 2 is 2.04 bits per heavy atom. The molecule has 0 saturated heterocycles. The summed E-state index contributed by atoms with van der Waals surface area (Å²) in [6.07, 6.45) is 1.35. The number of methoxy groups -OCH3 is 1. The van der Waals surface area contributed by atoms with Gasteiger partial charge in [-0.25, -0.2) is 10.2 Å². The van der Waals surface area contributed by atoms with E-state index in [0.29, 0.717) is 17.1 Å². The van der Waals surface area contributed by atoms with Gasteiger partial charge in [0.1, 0.15) is 0 Å². The number of benzene rings is 2. The highest BCUT2D eigenvalue weighted by molar-refractivity contribution is 5.92. The van der Waals surface area contributed by atoms with E-state index >= 15 is 0 Å². The number of nitro benzene ring substituents is 1. The standard InChI is InChI=1S/C17H17N5O6/c1-27-15-7-11(9-19-21-17(18)24)5-6-14(15)28-10-16(23)20-12-3-2-4-13(8-12)22(25)26/h2-9H,10H2,1H3,(H,20,23)(H3,18,21,24)/b19-9-. The van der Waals surface area contributed by atoms with Gasteiger partial charge in [0, 0.05) is 17.8 Å². The maximum Gasteiger partial charge on any atom is 0.332 e. The molecule has 0 unspecified atom stereocenters. The van der Waals surface area contributed by atoms with Crippen LogP contribution in [0.4, 0.5) is 16.2 Å². The minimum Gasteiger partial charge on any atom is -0.493 e. The van der Waals surface area contributed by atoms with Crippen LogP contribution >= 0.6 is 0 Å². The lowest BCUT2D eigenvalue weighted by molar-refractivity contribution is -0.384. The molecule has 2 aromatic carbocycles. The molecule has 2 rings (SSSR count). The zero-order valence-corrected chi connectivity index (χ0v) is 14.7. The number of nitro groups is 1. The van der Waals surface area contributed by atoms with Gasteiger partial charge in [-0.05, 0) is 29.8 Å². The van der Waals surface area contributed by atoms with Gasteiger partial charge in [0.25, 0.3) is 11.6 Å². The van der Waals surface area contributed by atoms with E-state index in [1.807, 2.05) is 0 Å². The van der Waals surface area contributed by atoms with Gasteiger partial charge in [-0.15, -0.1) is 0 Å². The van der Waals surface area contributed by atoms with Crippen LogP contribution in [0, 0.1) is 10.1 Å². The first-order valence-corrected chi connectivity index (χ1v) is 7.82. The van der Waals surface area contributed by atoms with Gasteiger partial charge in [0.05, 0.1) is 18.2 Å². The van der Waals surface area contributed by atoms with Crippen LogP contribution in [-0.4, -0.2) is 36.8 Å². The highest BCUT2D eigenvalue weighted by Crippen LogP contribution is 2.27. The molecule has 0 radical (unpaired) electrons. The van der Waals surface area contributed by atoms with Crippen LogP contribution in [-0.2, 0) is 4.79 Å². The fourth-order valence-electron chi connectivity index (χ4n) is 2.09. The van der Waals surface area contributed by atoms with Crippen molar-refractivity contribution in [1.29, 1.82) is 0 Å². The molecule has 0 saturated carbocycles. The second-order valence-electron chi connectivity index (χ2n) is 5.29. The summed E-state index contributed by atoms with van der Waals surface area (Å²) in [7, 11) is 1.42. The van der Waals surface area contributed by atoms with Crippen LogP contribution in [0.3, 0.4) is 0 Å². The average Bonchev–Trinajstić information content (AvgIpc) is 2.66. The number of hydrogen-bond acceptors (Lipinski definition) is 7. The number of primary amides is 1. The highest BCUT2D eigenvalue weighted by Gasteiger charge is 2.11. The second-order valence-corrected chi connectivity index (χ2v) is 5.29. The highest BCUT2D eigenvalue weighted by atomic mass is 16.6. The number of hydrogen-bond donors (Lipinski definition) is 3. The number of nitrogens with one attached hydrogen (secondary N) is 2. The number of anilines is 1. The van der Waals surface area contributed by atoms with Crippen LogP contribution in [0.5, 0.6) is 11.5 Å². The van der Waals surface area contributed by atoms with E-state index in [9.17, 15) is 19.7 Å². The number of hydrazone groups is 1. The molecule has 0 spiro atoms. The molecule has 0 aliphatic carbocycles. The fraction of sp³-hybridized carbons (Fsp3) is 0.118. The Bertz CT molecular complexity index is 915. The van der Waals surface area contributed by atoms with Gasteiger partial charge in [-0.1, -0.05) is 6.07 Å². The van der Waals surface area contributed by atoms with Crippen molar-refractivity contribution in [3.8, 4) is 11.5 Å². The van der Waals surface area contributed by atoms with Crippen molar-refractivity contribution in [3.05, 3.63) is 58.1 Å². The molecule has 4 N–H and O–H groups in total. The second kappa shape index (κ2) is 9.52. The molecule has 2 aromatic rings. The summed E-state index contributed by atoms with van der Waals surface area (Å²) >= 11 is 0. The number of rotatable bonds is 8. The van der Waals surface area contributed by atoms with Crippen LogP contribution in [0.15, 0.2) is 47.6 Å². The monoisotopic (exact) mass is 387 g/mol. The SMILES string of the molecule is COc1cc(/C=N\NC(N)=O)ccc1OCC(=O)Nc1cccc([N+](=O)[O-])c1. The molecule has 146 valence electrons. The summed E-state index contributed by atoms with van der Waals surface area (Å²) in [5, 5.41) is 16.9. The van der Waals surface area contributed by atoms with Crippen molar-refractivity contribution in [2.45, 2.75) is 0 Å². The van der Waals surface area contributed by atoms with E-state index in [-0.39, 0.29) is 18.0 Å². The fourth-order valence-corrected chi connectivity index (χ4v) is 2.09. The minimum absolute atomic E-state index is 0.136. The molecule has 0 aliphatic rings. The summed E-state index contributed by atoms with van der Waals surface area (Å²) in [6.45, 7) is -0.338. The summed E-state index contributed by atoms with van der Waals surface area (Å²) in [6, 6.07) is 9.53. The third-order valence-corrected chi connectivity index (χ3v) is 3.28. The molecular weight excluding hydrogens is 370 g/mol. The van der Waals surface area contributed by atoms with E-state index in [1.54, 1.807) is 18.2 Å². The van der Waals surface area contributed by atoms with Crippen LogP contribution in [0.2, 0.25) is 0 Å². The number of nitrogens with zero attached hydrogens (tertiary/aromatic N) is 2.